The summed E-state index contributed by atoms with van der Waals surface area (Å²) in [7, 11) is 1.38. The van der Waals surface area contributed by atoms with Gasteiger partial charge in [-0.05, 0) is 31.9 Å². The Morgan fingerprint density at radius 1 is 1.63 bits per heavy atom. The minimum atomic E-state index is -0.342. The van der Waals surface area contributed by atoms with Crippen molar-refractivity contribution < 1.29 is 14.3 Å². The summed E-state index contributed by atoms with van der Waals surface area (Å²) in [5, 5.41) is 3.44. The molecule has 1 aliphatic rings. The number of aromatic nitrogens is 1. The number of pyridine rings is 1. The Labute approximate surface area is 113 Å². The van der Waals surface area contributed by atoms with Crippen molar-refractivity contribution in [1.29, 1.82) is 0 Å². The van der Waals surface area contributed by atoms with Crippen LogP contribution in [-0.2, 0) is 16.0 Å². The number of nitrogens with zero attached hydrogens (tertiary/aromatic N) is 1. The van der Waals surface area contributed by atoms with Gasteiger partial charge in [0.1, 0.15) is 0 Å². The molecule has 2 heterocycles. The summed E-state index contributed by atoms with van der Waals surface area (Å²) in [6.45, 7) is 3.43. The van der Waals surface area contributed by atoms with Crippen molar-refractivity contribution in [1.82, 2.24) is 10.3 Å². The van der Waals surface area contributed by atoms with Crippen molar-refractivity contribution in [2.75, 3.05) is 13.7 Å². The molecule has 1 N–H and O–H groups in total. The highest BCUT2D eigenvalue weighted by atomic mass is 16.5. The van der Waals surface area contributed by atoms with Crippen molar-refractivity contribution in [3.05, 3.63) is 29.6 Å². The smallest absolute Gasteiger partial charge is 0.339 e. The maximum Gasteiger partial charge on any atom is 0.339 e. The second kappa shape index (κ2) is 6.63. The fraction of sp³-hybridized carbons (Fsp3) is 0.571. The Bertz CT molecular complexity index is 436. The first-order valence-electron chi connectivity index (χ1n) is 6.58. The van der Waals surface area contributed by atoms with Gasteiger partial charge in [0.25, 0.3) is 0 Å². The van der Waals surface area contributed by atoms with Crippen LogP contribution in [0.1, 0.15) is 35.8 Å². The molecule has 2 rings (SSSR count). The second-order valence-corrected chi connectivity index (χ2v) is 4.77. The van der Waals surface area contributed by atoms with Crippen molar-refractivity contribution in [2.45, 2.75) is 38.5 Å². The Kier molecular flexibility index (Phi) is 4.87. The van der Waals surface area contributed by atoms with Crippen LogP contribution in [-0.4, -0.2) is 36.8 Å². The Morgan fingerprint density at radius 2 is 2.47 bits per heavy atom. The van der Waals surface area contributed by atoms with Crippen molar-refractivity contribution in [2.24, 2.45) is 0 Å². The Morgan fingerprint density at radius 3 is 3.21 bits per heavy atom. The third-order valence-electron chi connectivity index (χ3n) is 3.34. The van der Waals surface area contributed by atoms with Crippen LogP contribution in [0, 0.1) is 0 Å². The number of methoxy groups -OCH3 is 1. The molecule has 1 aliphatic heterocycles. The zero-order chi connectivity index (χ0) is 13.7. The van der Waals surface area contributed by atoms with E-state index in [9.17, 15) is 4.79 Å². The monoisotopic (exact) mass is 264 g/mol. The lowest BCUT2D eigenvalue weighted by molar-refractivity contribution is 0.0129. The van der Waals surface area contributed by atoms with Gasteiger partial charge in [0.2, 0.25) is 0 Å². The highest BCUT2D eigenvalue weighted by Gasteiger charge is 2.20. The van der Waals surface area contributed by atoms with E-state index in [1.807, 2.05) is 0 Å². The minimum Gasteiger partial charge on any atom is -0.465 e. The van der Waals surface area contributed by atoms with E-state index in [1.165, 1.54) is 7.11 Å². The summed E-state index contributed by atoms with van der Waals surface area (Å²) in [5.41, 5.74) is 1.26. The number of esters is 1. The molecule has 2 unspecified atom stereocenters. The van der Waals surface area contributed by atoms with Gasteiger partial charge in [-0.15, -0.1) is 0 Å². The zero-order valence-corrected chi connectivity index (χ0v) is 11.4. The Hall–Kier alpha value is -1.46. The number of carbonyl (C=O) groups is 1. The molecular weight excluding hydrogens is 244 g/mol. The topological polar surface area (TPSA) is 60.5 Å². The molecule has 5 heteroatoms. The highest BCUT2D eigenvalue weighted by molar-refractivity contribution is 5.90. The van der Waals surface area contributed by atoms with Crippen LogP contribution < -0.4 is 5.32 Å². The van der Waals surface area contributed by atoms with Crippen LogP contribution in [0.15, 0.2) is 18.3 Å². The molecule has 1 saturated heterocycles. The molecule has 0 radical (unpaired) electrons. The molecule has 1 aromatic heterocycles. The quantitative estimate of drug-likeness (QED) is 0.836. The molecule has 0 amide bonds. The average molecular weight is 264 g/mol. The first kappa shape index (κ1) is 14.0. The number of carbonyl (C=O) groups excluding carboxylic acids is 1. The van der Waals surface area contributed by atoms with Gasteiger partial charge >= 0.3 is 5.97 Å². The summed E-state index contributed by atoms with van der Waals surface area (Å²) in [4.78, 5) is 15.9. The molecule has 2 atom stereocenters. The third kappa shape index (κ3) is 3.75. The van der Waals surface area contributed by atoms with Gasteiger partial charge < -0.3 is 14.8 Å². The van der Waals surface area contributed by atoms with E-state index in [2.05, 4.69) is 17.2 Å². The fourth-order valence-corrected chi connectivity index (χ4v) is 2.30. The van der Waals surface area contributed by atoms with Gasteiger partial charge in [0, 0.05) is 25.4 Å². The molecule has 19 heavy (non-hydrogen) atoms. The molecule has 0 bridgehead atoms. The average Bonchev–Trinajstić information content (AvgIpc) is 2.45. The lowest BCUT2D eigenvalue weighted by Gasteiger charge is -2.28. The molecule has 5 nitrogen and oxygen atoms in total. The first-order chi connectivity index (χ1) is 9.20. The van der Waals surface area contributed by atoms with E-state index in [-0.39, 0.29) is 12.1 Å². The fourth-order valence-electron chi connectivity index (χ4n) is 2.30. The minimum absolute atomic E-state index is 0.287. The lowest BCUT2D eigenvalue weighted by Crippen LogP contribution is -2.38. The molecule has 0 aromatic carbocycles. The molecule has 0 spiro atoms. The zero-order valence-electron chi connectivity index (χ0n) is 11.4. The number of rotatable bonds is 4. The van der Waals surface area contributed by atoms with E-state index < -0.39 is 0 Å². The molecule has 1 fully saturated rings. The van der Waals surface area contributed by atoms with Crippen LogP contribution in [0.2, 0.25) is 0 Å². The maximum atomic E-state index is 11.6. The SMILES string of the molecule is COC(=O)c1cccnc1CNC1CCOC(C)C1. The number of hydrogen-bond donors (Lipinski definition) is 1. The van der Waals surface area contributed by atoms with Gasteiger partial charge in [-0.3, -0.25) is 4.98 Å². The molecular formula is C14H20N2O3. The van der Waals surface area contributed by atoms with Crippen molar-refractivity contribution in [3.8, 4) is 0 Å². The van der Waals surface area contributed by atoms with Gasteiger partial charge in [0.05, 0.1) is 24.5 Å². The number of hydrogen-bond acceptors (Lipinski definition) is 5. The summed E-state index contributed by atoms with van der Waals surface area (Å²) in [6, 6.07) is 3.89. The maximum absolute atomic E-state index is 11.6. The van der Waals surface area contributed by atoms with E-state index in [0.717, 1.165) is 25.1 Å². The summed E-state index contributed by atoms with van der Waals surface area (Å²) in [6.07, 6.45) is 3.95. The standard InChI is InChI=1S/C14H20N2O3/c1-10-8-11(5-7-19-10)16-9-13-12(14(17)18-2)4-3-6-15-13/h3-4,6,10-11,16H,5,7-9H2,1-2H3. The van der Waals surface area contributed by atoms with Gasteiger partial charge in [-0.25, -0.2) is 4.79 Å². The highest BCUT2D eigenvalue weighted by Crippen LogP contribution is 2.14. The van der Waals surface area contributed by atoms with Gasteiger partial charge in [-0.2, -0.15) is 0 Å². The van der Waals surface area contributed by atoms with Gasteiger partial charge in [0.15, 0.2) is 0 Å². The molecule has 0 saturated carbocycles. The third-order valence-corrected chi connectivity index (χ3v) is 3.34. The predicted octanol–water partition coefficient (Wildman–Crippen LogP) is 1.53. The number of ether oxygens (including phenoxy) is 2. The van der Waals surface area contributed by atoms with Crippen LogP contribution in [0.25, 0.3) is 0 Å². The summed E-state index contributed by atoms with van der Waals surface area (Å²) in [5.74, 6) is -0.342. The number of nitrogens with one attached hydrogen (secondary N) is 1. The van der Waals surface area contributed by atoms with Crippen molar-refractivity contribution in [3.63, 3.8) is 0 Å². The van der Waals surface area contributed by atoms with E-state index in [1.54, 1.807) is 18.3 Å². The van der Waals surface area contributed by atoms with Gasteiger partial charge in [-0.1, -0.05) is 0 Å². The van der Waals surface area contributed by atoms with Crippen LogP contribution in [0.4, 0.5) is 0 Å². The molecule has 1 aromatic rings. The van der Waals surface area contributed by atoms with Crippen LogP contribution in [0.5, 0.6) is 0 Å². The predicted molar refractivity (Wildman–Crippen MR) is 70.9 cm³/mol. The van der Waals surface area contributed by atoms with E-state index in [0.29, 0.717) is 18.2 Å². The second-order valence-electron chi connectivity index (χ2n) is 4.77. The summed E-state index contributed by atoms with van der Waals surface area (Å²) < 4.78 is 10.3. The summed E-state index contributed by atoms with van der Waals surface area (Å²) >= 11 is 0. The molecule has 0 aliphatic carbocycles. The Balaban J connectivity index is 1.97. The van der Waals surface area contributed by atoms with Crippen LogP contribution in [0.3, 0.4) is 0 Å². The molecule has 104 valence electrons. The van der Waals surface area contributed by atoms with Crippen LogP contribution >= 0.6 is 0 Å². The largest absolute Gasteiger partial charge is 0.465 e. The normalized spacial score (nSPS) is 23.1. The van der Waals surface area contributed by atoms with E-state index in [4.69, 9.17) is 9.47 Å². The van der Waals surface area contributed by atoms with E-state index >= 15 is 0 Å². The first-order valence-corrected chi connectivity index (χ1v) is 6.58. The van der Waals surface area contributed by atoms with Crippen molar-refractivity contribution >= 4 is 5.97 Å². The lowest BCUT2D eigenvalue weighted by atomic mass is 10.0.